The number of benzene rings is 1. The zero-order chi connectivity index (χ0) is 24.9. The lowest BCUT2D eigenvalue weighted by Gasteiger charge is -2.36. The molecule has 0 radical (unpaired) electrons. The van der Waals surface area contributed by atoms with Gasteiger partial charge in [-0.1, -0.05) is 17.8 Å². The second-order valence-electron chi connectivity index (χ2n) is 7.77. The number of aliphatic imine (C=N–C) groups is 1. The molecule has 1 aromatic heterocycles. The van der Waals surface area contributed by atoms with Gasteiger partial charge in [0.2, 0.25) is 5.91 Å². The highest BCUT2D eigenvalue weighted by atomic mass is 32.2. The lowest BCUT2D eigenvalue weighted by molar-refractivity contribution is -0.136. The third kappa shape index (κ3) is 5.02. The number of carbonyl (C=O) groups excluding carboxylic acids is 2. The molecule has 0 aliphatic carbocycles. The first-order valence-corrected chi connectivity index (χ1v) is 11.8. The highest BCUT2D eigenvalue weighted by molar-refractivity contribution is 8.16. The van der Waals surface area contributed by atoms with Crippen molar-refractivity contribution in [3.63, 3.8) is 0 Å². The van der Waals surface area contributed by atoms with Crippen LogP contribution in [0.3, 0.4) is 0 Å². The van der Waals surface area contributed by atoms with E-state index in [4.69, 9.17) is 14.2 Å². The molecule has 35 heavy (non-hydrogen) atoms. The lowest BCUT2D eigenvalue weighted by Crippen LogP contribution is -2.38. The van der Waals surface area contributed by atoms with E-state index < -0.39 is 12.0 Å². The van der Waals surface area contributed by atoms with Crippen LogP contribution in [0.5, 0.6) is 11.5 Å². The number of aromatic nitrogens is 1. The zero-order valence-corrected chi connectivity index (χ0v) is 20.7. The van der Waals surface area contributed by atoms with Gasteiger partial charge in [0, 0.05) is 17.5 Å². The molecule has 1 N–H and O–H groups in total. The van der Waals surface area contributed by atoms with Crippen LogP contribution < -0.4 is 14.8 Å². The maximum atomic E-state index is 12.9. The van der Waals surface area contributed by atoms with Gasteiger partial charge in [-0.15, -0.1) is 0 Å². The lowest BCUT2D eigenvalue weighted by atomic mass is 9.93. The van der Waals surface area contributed by atoms with E-state index in [0.717, 1.165) is 5.69 Å². The fourth-order valence-corrected chi connectivity index (χ4v) is 4.97. The molecule has 4 rings (SSSR count). The fourth-order valence-electron chi connectivity index (χ4n) is 4.01. The smallest absolute Gasteiger partial charge is 0.338 e. The molecule has 3 heterocycles. The van der Waals surface area contributed by atoms with Crippen molar-refractivity contribution >= 4 is 28.8 Å². The van der Waals surface area contributed by atoms with E-state index in [1.165, 1.54) is 18.9 Å². The number of nitrogens with one attached hydrogen (secondary N) is 1. The van der Waals surface area contributed by atoms with E-state index in [2.05, 4.69) is 15.3 Å². The molecule has 0 spiro atoms. The Kier molecular flexibility index (Phi) is 7.40. The molecule has 2 aromatic rings. The van der Waals surface area contributed by atoms with Crippen LogP contribution in [0, 0.1) is 0 Å². The number of fused-ring (bicyclic) bond motifs is 1. The molecule has 9 nitrogen and oxygen atoms in total. The molecular weight excluding hydrogens is 468 g/mol. The number of pyridine rings is 1. The van der Waals surface area contributed by atoms with Gasteiger partial charge in [0.05, 0.1) is 57.3 Å². The summed E-state index contributed by atoms with van der Waals surface area (Å²) in [7, 11) is 4.48. The summed E-state index contributed by atoms with van der Waals surface area (Å²) in [5.74, 6) is 0.501. The number of esters is 1. The van der Waals surface area contributed by atoms with Gasteiger partial charge in [-0.2, -0.15) is 0 Å². The summed E-state index contributed by atoms with van der Waals surface area (Å²) in [6, 6.07) is 10.3. The topological polar surface area (TPSA) is 102 Å². The number of methoxy groups -OCH3 is 3. The van der Waals surface area contributed by atoms with Crippen molar-refractivity contribution in [1.82, 2.24) is 15.2 Å². The van der Waals surface area contributed by atoms with Crippen molar-refractivity contribution in [2.45, 2.75) is 25.9 Å². The molecule has 0 saturated carbocycles. The van der Waals surface area contributed by atoms with E-state index >= 15 is 0 Å². The first-order valence-electron chi connectivity index (χ1n) is 10.9. The second-order valence-corrected chi connectivity index (χ2v) is 8.60. The molecular formula is C25H26N4O5S. The molecule has 1 amide bonds. The van der Waals surface area contributed by atoms with Crippen LogP contribution >= 0.6 is 11.8 Å². The molecule has 0 saturated heterocycles. The Balaban J connectivity index is 1.68. The summed E-state index contributed by atoms with van der Waals surface area (Å²) in [5.41, 5.74) is 3.07. The van der Waals surface area contributed by atoms with Crippen LogP contribution in [0.4, 0.5) is 0 Å². The van der Waals surface area contributed by atoms with Crippen molar-refractivity contribution in [2.75, 3.05) is 21.3 Å². The highest BCUT2D eigenvalue weighted by Gasteiger charge is 2.42. The Morgan fingerprint density at radius 3 is 2.66 bits per heavy atom. The summed E-state index contributed by atoms with van der Waals surface area (Å²) in [4.78, 5) is 36.5. The van der Waals surface area contributed by atoms with Crippen molar-refractivity contribution in [3.05, 3.63) is 76.2 Å². The first-order chi connectivity index (χ1) is 17.0. The SMILES string of the molecule is COC(=O)C1=C(C)N=C2SC=C(CC(=O)NCc3ccccn3)N2C1c1cc(OC)ccc1OC. The van der Waals surface area contributed by atoms with Gasteiger partial charge in [0.15, 0.2) is 5.17 Å². The largest absolute Gasteiger partial charge is 0.497 e. The molecule has 182 valence electrons. The average Bonchev–Trinajstić information content (AvgIpc) is 3.28. The number of ether oxygens (including phenoxy) is 3. The molecule has 1 aromatic carbocycles. The van der Waals surface area contributed by atoms with Gasteiger partial charge in [-0.25, -0.2) is 9.79 Å². The minimum Gasteiger partial charge on any atom is -0.497 e. The van der Waals surface area contributed by atoms with Gasteiger partial charge in [0.1, 0.15) is 11.5 Å². The second kappa shape index (κ2) is 10.6. The van der Waals surface area contributed by atoms with Crippen molar-refractivity contribution in [2.24, 2.45) is 4.99 Å². The van der Waals surface area contributed by atoms with E-state index in [1.54, 1.807) is 39.5 Å². The maximum absolute atomic E-state index is 12.9. The number of amidine groups is 1. The molecule has 0 bridgehead atoms. The molecule has 2 aliphatic rings. The molecule has 2 aliphatic heterocycles. The Hall–Kier alpha value is -3.79. The Morgan fingerprint density at radius 1 is 1.14 bits per heavy atom. The van der Waals surface area contributed by atoms with Crippen LogP contribution in [0.1, 0.15) is 30.6 Å². The van der Waals surface area contributed by atoms with E-state index in [1.807, 2.05) is 34.6 Å². The fraction of sp³-hybridized carbons (Fsp3) is 0.280. The zero-order valence-electron chi connectivity index (χ0n) is 19.9. The van der Waals surface area contributed by atoms with E-state index in [-0.39, 0.29) is 12.3 Å². The minimum absolute atomic E-state index is 0.0924. The standard InChI is InChI=1S/C25H26N4O5S/c1-15-22(24(31)34-4)23(19-12-18(32-2)8-9-20(19)33-3)29-17(14-35-25(29)28-15)11-21(30)27-13-16-7-5-6-10-26-16/h5-10,12,14,23H,11,13H2,1-4H3,(H,27,30). The van der Waals surface area contributed by atoms with Gasteiger partial charge in [0.25, 0.3) is 0 Å². The number of nitrogens with zero attached hydrogens (tertiary/aromatic N) is 3. The van der Waals surface area contributed by atoms with Gasteiger partial charge in [-0.3, -0.25) is 9.78 Å². The van der Waals surface area contributed by atoms with Gasteiger partial charge < -0.3 is 24.4 Å². The third-order valence-corrected chi connectivity index (χ3v) is 6.56. The Morgan fingerprint density at radius 2 is 1.97 bits per heavy atom. The van der Waals surface area contributed by atoms with E-state index in [9.17, 15) is 9.59 Å². The van der Waals surface area contributed by atoms with Crippen LogP contribution in [0.25, 0.3) is 0 Å². The van der Waals surface area contributed by atoms with E-state index in [0.29, 0.717) is 45.7 Å². The number of carbonyl (C=O) groups is 2. The monoisotopic (exact) mass is 494 g/mol. The Bertz CT molecular complexity index is 1230. The van der Waals surface area contributed by atoms with Crippen molar-refractivity contribution in [3.8, 4) is 11.5 Å². The number of hydrogen-bond acceptors (Lipinski definition) is 9. The number of hydrogen-bond donors (Lipinski definition) is 1. The predicted molar refractivity (Wildman–Crippen MR) is 133 cm³/mol. The summed E-state index contributed by atoms with van der Waals surface area (Å²) in [6.07, 6.45) is 1.78. The number of rotatable bonds is 8. The van der Waals surface area contributed by atoms with Crippen molar-refractivity contribution < 1.29 is 23.8 Å². The van der Waals surface area contributed by atoms with Crippen LogP contribution in [-0.4, -0.2) is 48.3 Å². The number of thioether (sulfide) groups is 1. The quantitative estimate of drug-likeness (QED) is 0.556. The Labute approximate surface area is 207 Å². The van der Waals surface area contributed by atoms with Crippen LogP contribution in [-0.2, 0) is 20.9 Å². The maximum Gasteiger partial charge on any atom is 0.338 e. The highest BCUT2D eigenvalue weighted by Crippen LogP contribution is 2.47. The predicted octanol–water partition coefficient (Wildman–Crippen LogP) is 3.55. The summed E-state index contributed by atoms with van der Waals surface area (Å²) in [5, 5.41) is 5.45. The van der Waals surface area contributed by atoms with Crippen LogP contribution in [0.15, 0.2) is 70.0 Å². The summed E-state index contributed by atoms with van der Waals surface area (Å²) < 4.78 is 16.2. The van der Waals surface area contributed by atoms with Crippen LogP contribution in [0.2, 0.25) is 0 Å². The minimum atomic E-state index is -0.621. The third-order valence-electron chi connectivity index (χ3n) is 5.67. The molecule has 0 fully saturated rings. The van der Waals surface area contributed by atoms with Gasteiger partial charge >= 0.3 is 5.97 Å². The molecule has 10 heteroatoms. The molecule has 1 atom stereocenters. The number of amides is 1. The first kappa shape index (κ1) is 24.3. The van der Waals surface area contributed by atoms with Gasteiger partial charge in [-0.05, 0) is 42.7 Å². The van der Waals surface area contributed by atoms with Crippen molar-refractivity contribution in [1.29, 1.82) is 0 Å². The summed E-state index contributed by atoms with van der Waals surface area (Å²) >= 11 is 1.40. The number of allylic oxidation sites excluding steroid dienone is 1. The average molecular weight is 495 g/mol. The normalized spacial score (nSPS) is 16.8. The summed E-state index contributed by atoms with van der Waals surface area (Å²) in [6.45, 7) is 2.09. The molecule has 1 unspecified atom stereocenters.